The Morgan fingerprint density at radius 1 is 1.19 bits per heavy atom. The number of hydrogen-bond donors (Lipinski definition) is 1. The largest absolute Gasteiger partial charge is 0.432 e. The van der Waals surface area contributed by atoms with Crippen molar-refractivity contribution >= 4 is 5.97 Å². The van der Waals surface area contributed by atoms with Crippen LogP contribution in [0.1, 0.15) is 73.6 Å². The van der Waals surface area contributed by atoms with E-state index in [2.05, 4.69) is 20.8 Å². The molecule has 5 nitrogen and oxygen atoms in total. The number of carbonyl (C=O) groups excluding carboxylic acids is 1. The van der Waals surface area contributed by atoms with E-state index in [1.54, 1.807) is 0 Å². The summed E-state index contributed by atoms with van der Waals surface area (Å²) in [6.07, 6.45) is 2.85. The molecule has 0 aromatic carbocycles. The van der Waals surface area contributed by atoms with Crippen LogP contribution in [-0.4, -0.2) is 23.2 Å². The van der Waals surface area contributed by atoms with Crippen molar-refractivity contribution in [3.63, 3.8) is 0 Å². The maximum absolute atomic E-state index is 12.2. The van der Waals surface area contributed by atoms with Gasteiger partial charge in [-0.05, 0) is 18.3 Å². The number of esters is 1. The molecule has 1 atom stereocenters. The molecule has 1 aliphatic rings. The second-order valence-electron chi connectivity index (χ2n) is 7.73. The third-order valence-electron chi connectivity index (χ3n) is 3.92. The third kappa shape index (κ3) is 4.94. The first kappa shape index (κ1) is 18.4. The summed E-state index contributed by atoms with van der Waals surface area (Å²) >= 11 is 0. The van der Waals surface area contributed by atoms with Crippen molar-refractivity contribution in [2.45, 2.75) is 85.7 Å². The van der Waals surface area contributed by atoms with E-state index >= 15 is 0 Å². The Bertz CT molecular complexity index is 352. The Morgan fingerprint density at radius 2 is 1.76 bits per heavy atom. The Kier molecular flexibility index (Phi) is 5.81. The Labute approximate surface area is 127 Å². The molecule has 0 aromatic rings. The van der Waals surface area contributed by atoms with Crippen LogP contribution in [0.2, 0.25) is 0 Å². The fraction of sp³-hybridized carbons (Fsp3) is 0.938. The zero-order chi connectivity index (χ0) is 16.3. The molecule has 1 aliphatic heterocycles. The molecule has 1 fully saturated rings. The summed E-state index contributed by atoms with van der Waals surface area (Å²) < 4.78 is 5.02. The molecule has 0 saturated carbocycles. The van der Waals surface area contributed by atoms with Gasteiger partial charge >= 0.3 is 11.8 Å². The van der Waals surface area contributed by atoms with E-state index in [0.717, 1.165) is 25.7 Å². The Hall–Kier alpha value is -0.650. The SMILES string of the molecule is CCCC(O)OC(=O)C1(C(C)(C)CCCC(C)(C)C)OO1. The van der Waals surface area contributed by atoms with Crippen molar-refractivity contribution < 1.29 is 24.4 Å². The lowest BCUT2D eigenvalue weighted by atomic mass is 9.77. The van der Waals surface area contributed by atoms with Gasteiger partial charge in [0.05, 0.1) is 0 Å². The summed E-state index contributed by atoms with van der Waals surface area (Å²) in [6, 6.07) is 0. The second-order valence-corrected chi connectivity index (χ2v) is 7.73. The predicted octanol–water partition coefficient (Wildman–Crippen LogP) is 3.55. The van der Waals surface area contributed by atoms with Crippen LogP contribution < -0.4 is 0 Å². The van der Waals surface area contributed by atoms with Crippen molar-refractivity contribution in [3.05, 3.63) is 0 Å². The van der Waals surface area contributed by atoms with Gasteiger partial charge in [-0.3, -0.25) is 0 Å². The van der Waals surface area contributed by atoms with E-state index in [1.165, 1.54) is 0 Å². The topological polar surface area (TPSA) is 71.6 Å². The van der Waals surface area contributed by atoms with Crippen LogP contribution in [0.3, 0.4) is 0 Å². The zero-order valence-corrected chi connectivity index (χ0v) is 14.2. The fourth-order valence-corrected chi connectivity index (χ4v) is 2.34. The van der Waals surface area contributed by atoms with Crippen LogP contribution in [-0.2, 0) is 19.3 Å². The van der Waals surface area contributed by atoms with Crippen LogP contribution in [0.25, 0.3) is 0 Å². The molecule has 1 heterocycles. The molecule has 0 bridgehead atoms. The molecule has 0 aromatic heterocycles. The summed E-state index contributed by atoms with van der Waals surface area (Å²) in [5, 5.41) is 9.61. The number of hydrogen-bond acceptors (Lipinski definition) is 5. The Morgan fingerprint density at radius 3 is 2.19 bits per heavy atom. The lowest BCUT2D eigenvalue weighted by molar-refractivity contribution is -0.181. The maximum Gasteiger partial charge on any atom is 0.375 e. The molecule has 5 heteroatoms. The van der Waals surface area contributed by atoms with Crippen molar-refractivity contribution in [3.8, 4) is 0 Å². The zero-order valence-electron chi connectivity index (χ0n) is 14.2. The molecule has 1 unspecified atom stereocenters. The number of ether oxygens (including phenoxy) is 1. The highest BCUT2D eigenvalue weighted by molar-refractivity contribution is 5.80. The first-order valence-electron chi connectivity index (χ1n) is 7.80. The lowest BCUT2D eigenvalue weighted by Crippen LogP contribution is -2.43. The minimum absolute atomic E-state index is 0.256. The van der Waals surface area contributed by atoms with Crippen LogP contribution in [0.4, 0.5) is 0 Å². The van der Waals surface area contributed by atoms with Gasteiger partial charge in [0.1, 0.15) is 0 Å². The fourth-order valence-electron chi connectivity index (χ4n) is 2.34. The molecule has 0 radical (unpaired) electrons. The van der Waals surface area contributed by atoms with Gasteiger partial charge in [0, 0.05) is 11.8 Å². The number of carbonyl (C=O) groups is 1. The normalized spacial score (nSPS) is 19.2. The second kappa shape index (κ2) is 6.63. The molecular weight excluding hydrogens is 272 g/mol. The highest BCUT2D eigenvalue weighted by Gasteiger charge is 2.68. The molecule has 0 aliphatic carbocycles. The molecule has 1 saturated heterocycles. The average molecular weight is 302 g/mol. The van der Waals surface area contributed by atoms with Gasteiger partial charge in [0.2, 0.25) is 6.29 Å². The average Bonchev–Trinajstić information content (AvgIpc) is 3.07. The van der Waals surface area contributed by atoms with Gasteiger partial charge in [0.15, 0.2) is 0 Å². The lowest BCUT2D eigenvalue weighted by Gasteiger charge is -2.28. The minimum atomic E-state index is -1.36. The standard InChI is InChI=1S/C16H30O5/c1-7-9-12(17)19-13(18)16(20-21-16)15(5,6)11-8-10-14(2,3)4/h12,17H,7-11H2,1-6H3. The van der Waals surface area contributed by atoms with Gasteiger partial charge in [0.25, 0.3) is 0 Å². The van der Waals surface area contributed by atoms with Gasteiger partial charge in [-0.1, -0.05) is 54.4 Å². The predicted molar refractivity (Wildman–Crippen MR) is 79.0 cm³/mol. The third-order valence-corrected chi connectivity index (χ3v) is 3.92. The summed E-state index contributed by atoms with van der Waals surface area (Å²) in [6.45, 7) is 12.3. The number of aliphatic hydroxyl groups excluding tert-OH is 1. The minimum Gasteiger partial charge on any atom is -0.432 e. The van der Waals surface area contributed by atoms with Gasteiger partial charge in [-0.15, -0.1) is 0 Å². The number of aliphatic hydroxyl groups is 1. The van der Waals surface area contributed by atoms with Gasteiger partial charge in [-0.25, -0.2) is 4.79 Å². The molecule has 21 heavy (non-hydrogen) atoms. The number of rotatable bonds is 8. The molecule has 1 rings (SSSR count). The molecule has 124 valence electrons. The molecule has 0 amide bonds. The van der Waals surface area contributed by atoms with Crippen LogP contribution in [0.15, 0.2) is 0 Å². The van der Waals surface area contributed by atoms with Crippen LogP contribution >= 0.6 is 0 Å². The van der Waals surface area contributed by atoms with E-state index < -0.39 is 23.5 Å². The monoisotopic (exact) mass is 302 g/mol. The highest BCUT2D eigenvalue weighted by Crippen LogP contribution is 2.50. The van der Waals surface area contributed by atoms with Crippen molar-refractivity contribution in [1.82, 2.24) is 0 Å². The van der Waals surface area contributed by atoms with Crippen molar-refractivity contribution in [1.29, 1.82) is 0 Å². The molecule has 0 spiro atoms. The molecular formula is C16H30O5. The van der Waals surface area contributed by atoms with Crippen LogP contribution in [0.5, 0.6) is 0 Å². The van der Waals surface area contributed by atoms with Gasteiger partial charge in [-0.2, -0.15) is 9.78 Å². The summed E-state index contributed by atoms with van der Waals surface area (Å²) in [4.78, 5) is 22.2. The van der Waals surface area contributed by atoms with Gasteiger partial charge < -0.3 is 9.84 Å². The van der Waals surface area contributed by atoms with E-state index in [0.29, 0.717) is 6.42 Å². The first-order valence-corrected chi connectivity index (χ1v) is 7.80. The van der Waals surface area contributed by atoms with E-state index in [9.17, 15) is 9.90 Å². The smallest absolute Gasteiger partial charge is 0.375 e. The Balaban J connectivity index is 2.57. The summed E-state index contributed by atoms with van der Waals surface area (Å²) in [7, 11) is 0. The van der Waals surface area contributed by atoms with E-state index in [4.69, 9.17) is 14.5 Å². The first-order chi connectivity index (χ1) is 9.54. The van der Waals surface area contributed by atoms with E-state index in [-0.39, 0.29) is 5.41 Å². The van der Waals surface area contributed by atoms with E-state index in [1.807, 2.05) is 20.8 Å². The van der Waals surface area contributed by atoms with Crippen LogP contribution in [0, 0.1) is 10.8 Å². The van der Waals surface area contributed by atoms with Crippen molar-refractivity contribution in [2.24, 2.45) is 10.8 Å². The highest BCUT2D eigenvalue weighted by atomic mass is 17.4. The summed E-state index contributed by atoms with van der Waals surface area (Å²) in [5.74, 6) is -2.00. The van der Waals surface area contributed by atoms with Crippen molar-refractivity contribution in [2.75, 3.05) is 0 Å². The quantitative estimate of drug-likeness (QED) is 0.321. The molecule has 1 N–H and O–H groups in total. The summed E-state index contributed by atoms with van der Waals surface area (Å²) in [5.41, 5.74) is -0.242. The maximum atomic E-state index is 12.2.